The Balaban J connectivity index is 1.30. The maximum atomic E-state index is 5.11. The predicted molar refractivity (Wildman–Crippen MR) is 133 cm³/mol. The third-order valence-electron chi connectivity index (χ3n) is 6.65. The fourth-order valence-corrected chi connectivity index (χ4v) is 4.83. The Morgan fingerprint density at radius 3 is 2.24 bits per heavy atom. The van der Waals surface area contributed by atoms with Crippen LogP contribution in [0.25, 0.3) is 0 Å². The van der Waals surface area contributed by atoms with Crippen LogP contribution in [0.15, 0.2) is 82.2 Å². The van der Waals surface area contributed by atoms with Gasteiger partial charge in [0.25, 0.3) is 0 Å². The highest BCUT2D eigenvalue weighted by molar-refractivity contribution is 5.83. The summed E-state index contributed by atoms with van der Waals surface area (Å²) in [5.74, 6) is 2.01. The minimum Gasteiger partial charge on any atom is -0.340 e. The van der Waals surface area contributed by atoms with Crippen LogP contribution in [0.3, 0.4) is 0 Å². The first-order chi connectivity index (χ1) is 16.2. The molecule has 0 aromatic heterocycles. The summed E-state index contributed by atoms with van der Waals surface area (Å²) in [6.07, 6.45) is 2.88. The minimum absolute atomic E-state index is 0.0873. The lowest BCUT2D eigenvalue weighted by Crippen LogP contribution is -2.59. The minimum atomic E-state index is 0.0873. The van der Waals surface area contributed by atoms with Gasteiger partial charge in [-0.05, 0) is 11.1 Å². The van der Waals surface area contributed by atoms with Crippen LogP contribution in [0.4, 0.5) is 0 Å². The third kappa shape index (κ3) is 4.79. The molecule has 3 heterocycles. The fourth-order valence-electron chi connectivity index (χ4n) is 4.83. The van der Waals surface area contributed by atoms with E-state index in [4.69, 9.17) is 4.99 Å². The molecule has 1 unspecified atom stereocenters. The summed E-state index contributed by atoms with van der Waals surface area (Å²) in [6, 6.07) is 21.3. The molecule has 0 aliphatic carbocycles. The predicted octanol–water partition coefficient (Wildman–Crippen LogP) is 2.75. The van der Waals surface area contributed by atoms with Gasteiger partial charge in [0.05, 0.1) is 0 Å². The molecule has 2 aromatic carbocycles. The third-order valence-corrected chi connectivity index (χ3v) is 6.65. The lowest BCUT2D eigenvalue weighted by atomic mass is 10.1. The summed E-state index contributed by atoms with van der Waals surface area (Å²) < 4.78 is 0. The monoisotopic (exact) mass is 443 g/mol. The van der Waals surface area contributed by atoms with Crippen LogP contribution < -0.4 is 5.32 Å². The molecule has 0 radical (unpaired) electrons. The van der Waals surface area contributed by atoms with E-state index in [-0.39, 0.29) is 6.17 Å². The van der Waals surface area contributed by atoms with Gasteiger partial charge in [-0.2, -0.15) is 10.1 Å². The van der Waals surface area contributed by atoms with E-state index < -0.39 is 0 Å². The molecule has 0 bridgehead atoms. The van der Waals surface area contributed by atoms with Crippen LogP contribution in [-0.2, 0) is 13.1 Å². The molecular formula is C26H33N7. The number of hydrazone groups is 1. The van der Waals surface area contributed by atoms with Gasteiger partial charge >= 0.3 is 0 Å². The van der Waals surface area contributed by atoms with Gasteiger partial charge < -0.3 is 9.80 Å². The van der Waals surface area contributed by atoms with Crippen LogP contribution in [0.5, 0.6) is 0 Å². The Morgan fingerprint density at radius 1 is 0.879 bits per heavy atom. The molecule has 3 aliphatic heterocycles. The second-order valence-electron chi connectivity index (χ2n) is 8.92. The summed E-state index contributed by atoms with van der Waals surface area (Å²) in [5, 5.41) is 10.2. The van der Waals surface area contributed by atoms with Crippen molar-refractivity contribution in [2.75, 3.05) is 40.3 Å². The SMILES string of the molecule is CN1N=CCC2=C1N=C(N1CCN(Cc3ccccc3)CC1)N(C)C2NCc1ccccc1. The number of hydrogen-bond acceptors (Lipinski definition) is 7. The van der Waals surface area contributed by atoms with Gasteiger partial charge in [-0.15, -0.1) is 0 Å². The normalized spacial score (nSPS) is 21.3. The van der Waals surface area contributed by atoms with Crippen molar-refractivity contribution in [1.29, 1.82) is 0 Å². The topological polar surface area (TPSA) is 49.7 Å². The van der Waals surface area contributed by atoms with Gasteiger partial charge in [-0.3, -0.25) is 15.2 Å². The van der Waals surface area contributed by atoms with Crippen molar-refractivity contribution in [1.82, 2.24) is 25.0 Å². The molecule has 172 valence electrons. The molecule has 1 saturated heterocycles. The number of rotatable bonds is 5. The molecule has 1 fully saturated rings. The summed E-state index contributed by atoms with van der Waals surface area (Å²) in [4.78, 5) is 12.4. The average molecular weight is 444 g/mol. The lowest BCUT2D eigenvalue weighted by molar-refractivity contribution is 0.156. The van der Waals surface area contributed by atoms with E-state index in [0.29, 0.717) is 0 Å². The largest absolute Gasteiger partial charge is 0.340 e. The summed E-state index contributed by atoms with van der Waals surface area (Å²) >= 11 is 0. The van der Waals surface area contributed by atoms with Crippen molar-refractivity contribution in [2.45, 2.75) is 25.7 Å². The van der Waals surface area contributed by atoms with Gasteiger partial charge in [0.1, 0.15) is 6.17 Å². The first-order valence-corrected chi connectivity index (χ1v) is 11.8. The fraction of sp³-hybridized carbons (Fsp3) is 0.385. The van der Waals surface area contributed by atoms with Crippen molar-refractivity contribution in [2.24, 2.45) is 10.1 Å². The molecular weight excluding hydrogens is 410 g/mol. The number of nitrogens with zero attached hydrogens (tertiary/aromatic N) is 6. The van der Waals surface area contributed by atoms with E-state index in [1.54, 1.807) is 0 Å². The summed E-state index contributed by atoms with van der Waals surface area (Å²) in [6.45, 7) is 5.82. The molecule has 3 aliphatic rings. The van der Waals surface area contributed by atoms with Crippen molar-refractivity contribution >= 4 is 12.2 Å². The molecule has 1 atom stereocenters. The zero-order valence-electron chi connectivity index (χ0n) is 19.6. The highest BCUT2D eigenvalue weighted by atomic mass is 15.5. The number of aliphatic imine (C=N–C) groups is 1. The van der Waals surface area contributed by atoms with Crippen molar-refractivity contribution in [3.05, 3.63) is 83.2 Å². The Bertz CT molecular complexity index is 1020. The smallest absolute Gasteiger partial charge is 0.204 e. The first kappa shape index (κ1) is 21.7. The Morgan fingerprint density at radius 2 is 1.55 bits per heavy atom. The van der Waals surface area contributed by atoms with Crippen molar-refractivity contribution in [3.8, 4) is 0 Å². The van der Waals surface area contributed by atoms with Crippen LogP contribution in [0.2, 0.25) is 0 Å². The Labute approximate surface area is 196 Å². The lowest BCUT2D eigenvalue weighted by Gasteiger charge is -2.45. The van der Waals surface area contributed by atoms with E-state index >= 15 is 0 Å². The van der Waals surface area contributed by atoms with Crippen LogP contribution in [0, 0.1) is 0 Å². The molecule has 7 nitrogen and oxygen atoms in total. The molecule has 5 rings (SSSR count). The maximum absolute atomic E-state index is 5.11. The van der Waals surface area contributed by atoms with Gasteiger partial charge in [0, 0.05) is 71.6 Å². The Kier molecular flexibility index (Phi) is 6.41. The zero-order valence-corrected chi connectivity index (χ0v) is 19.6. The first-order valence-electron chi connectivity index (χ1n) is 11.8. The number of benzene rings is 2. The second kappa shape index (κ2) is 9.77. The van der Waals surface area contributed by atoms with Gasteiger partial charge in [-0.25, -0.2) is 0 Å². The molecule has 1 N–H and O–H groups in total. The van der Waals surface area contributed by atoms with E-state index in [1.807, 2.05) is 18.3 Å². The Hall–Kier alpha value is -3.16. The van der Waals surface area contributed by atoms with Crippen molar-refractivity contribution < 1.29 is 0 Å². The second-order valence-corrected chi connectivity index (χ2v) is 8.92. The summed E-state index contributed by atoms with van der Waals surface area (Å²) in [7, 11) is 4.15. The molecule has 0 spiro atoms. The maximum Gasteiger partial charge on any atom is 0.204 e. The number of likely N-dealkylation sites (N-methyl/N-ethyl adjacent to an activating group) is 1. The number of hydrogen-bond donors (Lipinski definition) is 1. The van der Waals surface area contributed by atoms with E-state index in [0.717, 1.165) is 57.5 Å². The zero-order chi connectivity index (χ0) is 22.6. The van der Waals surface area contributed by atoms with Crippen LogP contribution >= 0.6 is 0 Å². The van der Waals surface area contributed by atoms with Gasteiger partial charge in [0.2, 0.25) is 5.96 Å². The van der Waals surface area contributed by atoms with Crippen molar-refractivity contribution in [3.63, 3.8) is 0 Å². The standard InChI is InChI=1S/C26H33N7/c1-30-24(27-19-21-9-5-3-6-10-21)23-13-14-28-31(2)25(23)29-26(30)33-17-15-32(16-18-33)20-22-11-7-4-8-12-22/h3-12,14,24,27H,13,15-20H2,1-2H3. The molecule has 7 heteroatoms. The number of piperazine rings is 1. The molecule has 0 amide bonds. The molecule has 33 heavy (non-hydrogen) atoms. The molecule has 0 saturated carbocycles. The highest BCUT2D eigenvalue weighted by Crippen LogP contribution is 2.28. The summed E-state index contributed by atoms with van der Waals surface area (Å²) in [5.41, 5.74) is 3.93. The van der Waals surface area contributed by atoms with E-state index in [1.165, 1.54) is 16.7 Å². The quantitative estimate of drug-likeness (QED) is 0.770. The number of guanidine groups is 1. The van der Waals surface area contributed by atoms with Crippen LogP contribution in [0.1, 0.15) is 17.5 Å². The van der Waals surface area contributed by atoms with E-state index in [9.17, 15) is 0 Å². The van der Waals surface area contributed by atoms with Crippen LogP contribution in [-0.4, -0.2) is 78.3 Å². The average Bonchev–Trinajstić information content (AvgIpc) is 2.85. The molecule has 2 aromatic rings. The highest BCUT2D eigenvalue weighted by Gasteiger charge is 2.35. The van der Waals surface area contributed by atoms with Gasteiger partial charge in [-0.1, -0.05) is 60.7 Å². The number of nitrogens with one attached hydrogen (secondary N) is 1. The van der Waals surface area contributed by atoms with Gasteiger partial charge in [0.15, 0.2) is 5.82 Å². The van der Waals surface area contributed by atoms with E-state index in [2.05, 4.69) is 92.8 Å².